The van der Waals surface area contributed by atoms with Crippen LogP contribution in [0, 0.1) is 11.6 Å². The number of hydrogen-bond acceptors (Lipinski definition) is 2. The molecule has 0 aliphatic carbocycles. The Kier molecular flexibility index (Phi) is 3.77. The molecule has 0 spiro atoms. The lowest BCUT2D eigenvalue weighted by atomic mass is 9.96. The standard InChI is InChI=1S/C11H15F2NO/c1-3-14-7-11(2,15)8-4-5-9(12)10(13)6-8/h4-6,14-15H,3,7H2,1-2H3. The lowest BCUT2D eigenvalue weighted by Gasteiger charge is -2.24. The van der Waals surface area contributed by atoms with Crippen LogP contribution in [0.1, 0.15) is 19.4 Å². The molecule has 1 rings (SSSR count). The molecule has 2 nitrogen and oxygen atoms in total. The van der Waals surface area contributed by atoms with Gasteiger partial charge in [-0.05, 0) is 31.2 Å². The first-order chi connectivity index (χ1) is 6.97. The first-order valence-electron chi connectivity index (χ1n) is 4.86. The fourth-order valence-electron chi connectivity index (χ4n) is 1.30. The molecule has 0 aliphatic rings. The summed E-state index contributed by atoms with van der Waals surface area (Å²) in [6.45, 7) is 4.47. The van der Waals surface area contributed by atoms with Crippen molar-refractivity contribution in [1.82, 2.24) is 5.32 Å². The van der Waals surface area contributed by atoms with Crippen LogP contribution in [0.15, 0.2) is 18.2 Å². The van der Waals surface area contributed by atoms with Gasteiger partial charge in [0.2, 0.25) is 0 Å². The Hall–Kier alpha value is -1.00. The van der Waals surface area contributed by atoms with Gasteiger partial charge in [0.05, 0.1) is 5.60 Å². The largest absolute Gasteiger partial charge is 0.384 e. The van der Waals surface area contributed by atoms with Crippen molar-refractivity contribution in [3.8, 4) is 0 Å². The molecule has 1 atom stereocenters. The van der Waals surface area contributed by atoms with Gasteiger partial charge in [0, 0.05) is 6.54 Å². The highest BCUT2D eigenvalue weighted by atomic mass is 19.2. The van der Waals surface area contributed by atoms with Gasteiger partial charge in [-0.25, -0.2) is 8.78 Å². The minimum absolute atomic E-state index is 0.300. The minimum atomic E-state index is -1.19. The number of likely N-dealkylation sites (N-methyl/N-ethyl adjacent to an activating group) is 1. The molecule has 2 N–H and O–H groups in total. The van der Waals surface area contributed by atoms with Crippen LogP contribution in [0.3, 0.4) is 0 Å². The van der Waals surface area contributed by atoms with Crippen LogP contribution in [0.4, 0.5) is 8.78 Å². The van der Waals surface area contributed by atoms with E-state index in [2.05, 4.69) is 5.32 Å². The zero-order chi connectivity index (χ0) is 11.5. The van der Waals surface area contributed by atoms with Gasteiger partial charge in [0.1, 0.15) is 0 Å². The zero-order valence-electron chi connectivity index (χ0n) is 8.85. The maximum Gasteiger partial charge on any atom is 0.159 e. The lowest BCUT2D eigenvalue weighted by molar-refractivity contribution is 0.0572. The molecule has 15 heavy (non-hydrogen) atoms. The predicted molar refractivity (Wildman–Crippen MR) is 54.5 cm³/mol. The van der Waals surface area contributed by atoms with E-state index in [1.807, 2.05) is 6.92 Å². The van der Waals surface area contributed by atoms with Gasteiger partial charge in [-0.1, -0.05) is 13.0 Å². The summed E-state index contributed by atoms with van der Waals surface area (Å²) in [4.78, 5) is 0. The van der Waals surface area contributed by atoms with Crippen molar-refractivity contribution in [1.29, 1.82) is 0 Å². The first-order valence-corrected chi connectivity index (χ1v) is 4.86. The molecule has 0 fully saturated rings. The lowest BCUT2D eigenvalue weighted by Crippen LogP contribution is -2.35. The number of rotatable bonds is 4. The normalized spacial score (nSPS) is 15.0. The molecule has 1 aromatic rings. The molecule has 0 bridgehead atoms. The molecule has 0 amide bonds. The van der Waals surface area contributed by atoms with Gasteiger partial charge in [0.15, 0.2) is 11.6 Å². The Morgan fingerprint density at radius 3 is 2.53 bits per heavy atom. The Morgan fingerprint density at radius 1 is 1.33 bits per heavy atom. The van der Waals surface area contributed by atoms with Crippen LogP contribution in [0.5, 0.6) is 0 Å². The van der Waals surface area contributed by atoms with E-state index in [0.29, 0.717) is 18.7 Å². The van der Waals surface area contributed by atoms with E-state index in [1.165, 1.54) is 6.07 Å². The van der Waals surface area contributed by atoms with Crippen molar-refractivity contribution in [2.45, 2.75) is 19.4 Å². The molecule has 0 saturated heterocycles. The average molecular weight is 215 g/mol. The van der Waals surface area contributed by atoms with Crippen molar-refractivity contribution in [2.75, 3.05) is 13.1 Å². The number of aliphatic hydroxyl groups is 1. The highest BCUT2D eigenvalue weighted by Crippen LogP contribution is 2.21. The fourth-order valence-corrected chi connectivity index (χ4v) is 1.30. The molecule has 1 aromatic carbocycles. The van der Waals surface area contributed by atoms with Crippen LogP contribution >= 0.6 is 0 Å². The van der Waals surface area contributed by atoms with Crippen molar-refractivity contribution in [2.24, 2.45) is 0 Å². The number of benzene rings is 1. The second-order valence-electron chi connectivity index (χ2n) is 3.68. The summed E-state index contributed by atoms with van der Waals surface area (Å²) in [6.07, 6.45) is 0. The Labute approximate surface area is 87.9 Å². The van der Waals surface area contributed by atoms with Gasteiger partial charge >= 0.3 is 0 Å². The van der Waals surface area contributed by atoms with Gasteiger partial charge < -0.3 is 10.4 Å². The van der Waals surface area contributed by atoms with Gasteiger partial charge in [-0.2, -0.15) is 0 Å². The molecule has 0 aliphatic heterocycles. The highest BCUT2D eigenvalue weighted by Gasteiger charge is 2.23. The van der Waals surface area contributed by atoms with E-state index in [4.69, 9.17) is 0 Å². The molecule has 0 aromatic heterocycles. The van der Waals surface area contributed by atoms with Gasteiger partial charge in [-0.3, -0.25) is 0 Å². The van der Waals surface area contributed by atoms with E-state index in [0.717, 1.165) is 12.1 Å². The van der Waals surface area contributed by atoms with Crippen LogP contribution in [0.2, 0.25) is 0 Å². The Bertz CT molecular complexity index is 339. The number of halogens is 2. The zero-order valence-corrected chi connectivity index (χ0v) is 8.85. The van der Waals surface area contributed by atoms with Crippen LogP contribution < -0.4 is 5.32 Å². The highest BCUT2D eigenvalue weighted by molar-refractivity contribution is 5.23. The molecule has 0 heterocycles. The van der Waals surface area contributed by atoms with Crippen LogP contribution in [0.25, 0.3) is 0 Å². The molecule has 84 valence electrons. The van der Waals surface area contributed by atoms with Gasteiger partial charge in [-0.15, -0.1) is 0 Å². The van der Waals surface area contributed by atoms with E-state index in [-0.39, 0.29) is 0 Å². The van der Waals surface area contributed by atoms with Crippen molar-refractivity contribution in [3.05, 3.63) is 35.4 Å². The molecular weight excluding hydrogens is 200 g/mol. The molecule has 0 radical (unpaired) electrons. The second-order valence-corrected chi connectivity index (χ2v) is 3.68. The fraction of sp³-hybridized carbons (Fsp3) is 0.455. The third-order valence-electron chi connectivity index (χ3n) is 2.26. The Morgan fingerprint density at radius 2 is 2.00 bits per heavy atom. The summed E-state index contributed by atoms with van der Waals surface area (Å²) in [5.74, 6) is -1.85. The maximum absolute atomic E-state index is 12.9. The van der Waals surface area contributed by atoms with Crippen LogP contribution in [-0.2, 0) is 5.60 Å². The summed E-state index contributed by atoms with van der Waals surface area (Å²) >= 11 is 0. The van der Waals surface area contributed by atoms with E-state index < -0.39 is 17.2 Å². The van der Waals surface area contributed by atoms with Gasteiger partial charge in [0.25, 0.3) is 0 Å². The Balaban J connectivity index is 2.89. The van der Waals surface area contributed by atoms with Crippen molar-refractivity contribution in [3.63, 3.8) is 0 Å². The summed E-state index contributed by atoms with van der Waals surface area (Å²) in [6, 6.07) is 3.42. The van der Waals surface area contributed by atoms with E-state index >= 15 is 0 Å². The van der Waals surface area contributed by atoms with Crippen molar-refractivity contribution < 1.29 is 13.9 Å². The number of hydrogen-bond donors (Lipinski definition) is 2. The monoisotopic (exact) mass is 215 g/mol. The summed E-state index contributed by atoms with van der Waals surface area (Å²) in [5, 5.41) is 12.9. The third kappa shape index (κ3) is 2.97. The summed E-state index contributed by atoms with van der Waals surface area (Å²) in [5.41, 5.74) is -0.827. The topological polar surface area (TPSA) is 32.3 Å². The first kappa shape index (κ1) is 12.1. The average Bonchev–Trinajstić information content (AvgIpc) is 2.19. The maximum atomic E-state index is 12.9. The summed E-state index contributed by atoms with van der Waals surface area (Å²) in [7, 11) is 0. The van der Waals surface area contributed by atoms with Crippen LogP contribution in [-0.4, -0.2) is 18.2 Å². The molecule has 4 heteroatoms. The predicted octanol–water partition coefficient (Wildman–Crippen LogP) is 1.78. The molecule has 0 saturated carbocycles. The third-order valence-corrected chi connectivity index (χ3v) is 2.26. The van der Waals surface area contributed by atoms with E-state index in [1.54, 1.807) is 6.92 Å². The number of nitrogens with one attached hydrogen (secondary N) is 1. The molecular formula is C11H15F2NO. The quantitative estimate of drug-likeness (QED) is 0.802. The smallest absolute Gasteiger partial charge is 0.159 e. The summed E-state index contributed by atoms with van der Waals surface area (Å²) < 4.78 is 25.6. The minimum Gasteiger partial charge on any atom is -0.384 e. The molecule has 1 unspecified atom stereocenters. The van der Waals surface area contributed by atoms with Crippen molar-refractivity contribution >= 4 is 0 Å². The SMILES string of the molecule is CCNCC(C)(O)c1ccc(F)c(F)c1. The van der Waals surface area contributed by atoms with E-state index in [9.17, 15) is 13.9 Å². The second kappa shape index (κ2) is 4.68.